The molecule has 0 atom stereocenters. The topological polar surface area (TPSA) is 73.9 Å². The fourth-order valence-electron chi connectivity index (χ4n) is 2.79. The summed E-state index contributed by atoms with van der Waals surface area (Å²) in [7, 11) is 0. The summed E-state index contributed by atoms with van der Waals surface area (Å²) in [6.07, 6.45) is 5.10. The molecule has 25 heavy (non-hydrogen) atoms. The Morgan fingerprint density at radius 1 is 1.16 bits per heavy atom. The Labute approximate surface area is 143 Å². The minimum absolute atomic E-state index is 0.0552. The molecule has 3 aromatic rings. The Kier molecular flexibility index (Phi) is 3.89. The Morgan fingerprint density at radius 2 is 1.88 bits per heavy atom. The average Bonchev–Trinajstić information content (AvgIpc) is 3.09. The lowest BCUT2D eigenvalue weighted by Crippen LogP contribution is -2.57. The SMILES string of the molecule is O=C(c1cc(-c2ccc(F)cc2)c[nH]1)N1CC(Nc2ncccn2)C1. The lowest BCUT2D eigenvalue weighted by molar-refractivity contribution is 0.0619. The van der Waals surface area contributed by atoms with Gasteiger partial charge in [0, 0.05) is 31.7 Å². The molecule has 0 aliphatic carbocycles. The second-order valence-corrected chi connectivity index (χ2v) is 5.93. The van der Waals surface area contributed by atoms with Gasteiger partial charge in [-0.05, 0) is 35.4 Å². The third-order valence-electron chi connectivity index (χ3n) is 4.16. The van der Waals surface area contributed by atoms with Gasteiger partial charge < -0.3 is 15.2 Å². The molecular formula is C18H16FN5O. The number of nitrogens with zero attached hydrogens (tertiary/aromatic N) is 3. The highest BCUT2D eigenvalue weighted by Gasteiger charge is 2.32. The highest BCUT2D eigenvalue weighted by atomic mass is 19.1. The lowest BCUT2D eigenvalue weighted by Gasteiger charge is -2.39. The predicted molar refractivity (Wildman–Crippen MR) is 91.5 cm³/mol. The first kappa shape index (κ1) is 15.3. The van der Waals surface area contributed by atoms with Crippen molar-refractivity contribution in [2.24, 2.45) is 0 Å². The van der Waals surface area contributed by atoms with Gasteiger partial charge in [0.15, 0.2) is 0 Å². The number of likely N-dealkylation sites (tertiary alicyclic amines) is 1. The van der Waals surface area contributed by atoms with Crippen LogP contribution < -0.4 is 5.32 Å². The monoisotopic (exact) mass is 337 g/mol. The van der Waals surface area contributed by atoms with Crippen molar-refractivity contribution < 1.29 is 9.18 Å². The molecule has 1 saturated heterocycles. The quantitative estimate of drug-likeness (QED) is 0.767. The molecule has 2 aromatic heterocycles. The molecule has 1 aliphatic rings. The van der Waals surface area contributed by atoms with E-state index in [1.165, 1.54) is 12.1 Å². The number of carbonyl (C=O) groups excluding carboxylic acids is 1. The van der Waals surface area contributed by atoms with Crippen molar-refractivity contribution in [1.29, 1.82) is 0 Å². The van der Waals surface area contributed by atoms with Gasteiger partial charge in [0.25, 0.3) is 5.91 Å². The van der Waals surface area contributed by atoms with E-state index < -0.39 is 0 Å². The van der Waals surface area contributed by atoms with Gasteiger partial charge in [0.2, 0.25) is 5.95 Å². The molecule has 6 nitrogen and oxygen atoms in total. The molecule has 0 bridgehead atoms. The number of H-pyrrole nitrogens is 1. The normalized spacial score (nSPS) is 14.2. The largest absolute Gasteiger partial charge is 0.357 e. The van der Waals surface area contributed by atoms with E-state index in [-0.39, 0.29) is 17.8 Å². The molecule has 0 spiro atoms. The minimum atomic E-state index is -0.280. The molecule has 1 aromatic carbocycles. The molecule has 3 heterocycles. The smallest absolute Gasteiger partial charge is 0.270 e. The zero-order valence-electron chi connectivity index (χ0n) is 13.3. The summed E-state index contributed by atoms with van der Waals surface area (Å²) in [4.78, 5) is 25.5. The zero-order valence-corrected chi connectivity index (χ0v) is 13.3. The van der Waals surface area contributed by atoms with Crippen molar-refractivity contribution in [3.63, 3.8) is 0 Å². The van der Waals surface area contributed by atoms with Crippen LogP contribution in [0.4, 0.5) is 10.3 Å². The Balaban J connectivity index is 1.37. The molecule has 0 unspecified atom stereocenters. The van der Waals surface area contributed by atoms with E-state index in [1.54, 1.807) is 47.8 Å². The summed E-state index contributed by atoms with van der Waals surface area (Å²) >= 11 is 0. The molecule has 1 fully saturated rings. The van der Waals surface area contributed by atoms with Gasteiger partial charge in [-0.1, -0.05) is 12.1 Å². The van der Waals surface area contributed by atoms with Gasteiger partial charge in [-0.15, -0.1) is 0 Å². The second kappa shape index (κ2) is 6.35. The van der Waals surface area contributed by atoms with Crippen molar-refractivity contribution in [2.75, 3.05) is 18.4 Å². The predicted octanol–water partition coefficient (Wildman–Crippen LogP) is 2.55. The third kappa shape index (κ3) is 3.21. The number of benzene rings is 1. The summed E-state index contributed by atoms with van der Waals surface area (Å²) in [5.41, 5.74) is 2.24. The molecule has 1 amide bonds. The number of amides is 1. The Bertz CT molecular complexity index is 872. The van der Waals surface area contributed by atoms with E-state index in [2.05, 4.69) is 20.3 Å². The number of halogens is 1. The second-order valence-electron chi connectivity index (χ2n) is 5.93. The summed E-state index contributed by atoms with van der Waals surface area (Å²) in [5, 5.41) is 3.19. The molecule has 0 radical (unpaired) electrons. The summed E-state index contributed by atoms with van der Waals surface area (Å²) < 4.78 is 13.0. The van der Waals surface area contributed by atoms with Crippen LogP contribution in [0.5, 0.6) is 0 Å². The average molecular weight is 337 g/mol. The first-order valence-corrected chi connectivity index (χ1v) is 7.96. The number of aromatic amines is 1. The van der Waals surface area contributed by atoms with E-state index in [4.69, 9.17) is 0 Å². The fraction of sp³-hybridized carbons (Fsp3) is 0.167. The number of hydrogen-bond acceptors (Lipinski definition) is 4. The van der Waals surface area contributed by atoms with Crippen LogP contribution in [0.3, 0.4) is 0 Å². The van der Waals surface area contributed by atoms with Crippen molar-refractivity contribution >= 4 is 11.9 Å². The van der Waals surface area contributed by atoms with Gasteiger partial charge in [-0.3, -0.25) is 4.79 Å². The minimum Gasteiger partial charge on any atom is -0.357 e. The standard InChI is InChI=1S/C18H16FN5O/c19-14-4-2-12(3-5-14)13-8-16(22-9-13)17(25)24-10-15(11-24)23-18-20-6-1-7-21-18/h1-9,15,22H,10-11H2,(H,20,21,23). The van der Waals surface area contributed by atoms with Crippen LogP contribution in [0.1, 0.15) is 10.5 Å². The van der Waals surface area contributed by atoms with Gasteiger partial charge in [0.05, 0.1) is 6.04 Å². The maximum Gasteiger partial charge on any atom is 0.270 e. The summed E-state index contributed by atoms with van der Waals surface area (Å²) in [6, 6.07) is 9.88. The van der Waals surface area contributed by atoms with E-state index in [9.17, 15) is 9.18 Å². The van der Waals surface area contributed by atoms with Crippen molar-refractivity contribution in [3.8, 4) is 11.1 Å². The molecule has 4 rings (SSSR count). The van der Waals surface area contributed by atoms with Crippen molar-refractivity contribution in [2.45, 2.75) is 6.04 Å². The van der Waals surface area contributed by atoms with Crippen LogP contribution in [0.25, 0.3) is 11.1 Å². The van der Waals surface area contributed by atoms with E-state index in [1.807, 2.05) is 0 Å². The van der Waals surface area contributed by atoms with Crippen LogP contribution in [-0.2, 0) is 0 Å². The van der Waals surface area contributed by atoms with Gasteiger partial charge >= 0.3 is 0 Å². The third-order valence-corrected chi connectivity index (χ3v) is 4.16. The number of rotatable bonds is 4. The molecule has 2 N–H and O–H groups in total. The molecule has 1 aliphatic heterocycles. The first-order chi connectivity index (χ1) is 12.2. The highest BCUT2D eigenvalue weighted by Crippen LogP contribution is 2.22. The fourth-order valence-corrected chi connectivity index (χ4v) is 2.79. The van der Waals surface area contributed by atoms with E-state index >= 15 is 0 Å². The Hall–Kier alpha value is -3.22. The number of nitrogens with one attached hydrogen (secondary N) is 2. The maximum atomic E-state index is 13.0. The first-order valence-electron chi connectivity index (χ1n) is 7.96. The molecule has 126 valence electrons. The number of hydrogen-bond donors (Lipinski definition) is 2. The summed E-state index contributed by atoms with van der Waals surface area (Å²) in [6.45, 7) is 1.20. The maximum absolute atomic E-state index is 13.0. The lowest BCUT2D eigenvalue weighted by atomic mass is 10.1. The van der Waals surface area contributed by atoms with Crippen LogP contribution in [0.15, 0.2) is 55.0 Å². The number of carbonyl (C=O) groups is 1. The highest BCUT2D eigenvalue weighted by molar-refractivity contribution is 5.94. The van der Waals surface area contributed by atoms with Crippen molar-refractivity contribution in [3.05, 3.63) is 66.5 Å². The van der Waals surface area contributed by atoms with Gasteiger partial charge in [-0.25, -0.2) is 14.4 Å². The van der Waals surface area contributed by atoms with Crippen molar-refractivity contribution in [1.82, 2.24) is 19.9 Å². The zero-order chi connectivity index (χ0) is 17.2. The van der Waals surface area contributed by atoms with Crippen LogP contribution in [0.2, 0.25) is 0 Å². The summed E-state index contributed by atoms with van der Waals surface area (Å²) in [5.74, 6) is 0.232. The van der Waals surface area contributed by atoms with E-state index in [0.717, 1.165) is 11.1 Å². The van der Waals surface area contributed by atoms with Gasteiger partial charge in [0.1, 0.15) is 11.5 Å². The molecule has 0 saturated carbocycles. The van der Waals surface area contributed by atoms with Crippen LogP contribution in [-0.4, -0.2) is 44.9 Å². The van der Waals surface area contributed by atoms with E-state index in [0.29, 0.717) is 24.7 Å². The molecule has 7 heteroatoms. The van der Waals surface area contributed by atoms with Gasteiger partial charge in [-0.2, -0.15) is 0 Å². The molecular weight excluding hydrogens is 321 g/mol. The van der Waals surface area contributed by atoms with Crippen LogP contribution in [0, 0.1) is 5.82 Å². The Morgan fingerprint density at radius 3 is 2.60 bits per heavy atom. The number of anilines is 1. The van der Waals surface area contributed by atoms with Crippen LogP contribution >= 0.6 is 0 Å². The number of aromatic nitrogens is 3.